The first-order valence-corrected chi connectivity index (χ1v) is 8.09. The molecule has 1 amide bonds. The van der Waals surface area contributed by atoms with Crippen molar-refractivity contribution in [1.29, 1.82) is 0 Å². The lowest BCUT2D eigenvalue weighted by Crippen LogP contribution is -2.46. The van der Waals surface area contributed by atoms with Gasteiger partial charge in [-0.05, 0) is 11.8 Å². The van der Waals surface area contributed by atoms with Gasteiger partial charge in [-0.25, -0.2) is 13.4 Å². The minimum absolute atomic E-state index is 0.0170. The summed E-state index contributed by atoms with van der Waals surface area (Å²) in [7, 11) is -1.82. The molecule has 2 fully saturated rings. The first kappa shape index (κ1) is 13.6. The number of nitrogens with zero attached hydrogens (tertiary/aromatic N) is 3. The molecule has 1 N–H and O–H groups in total. The third-order valence-corrected chi connectivity index (χ3v) is 6.06. The smallest absolute Gasteiger partial charge is 0.262 e. The van der Waals surface area contributed by atoms with Crippen LogP contribution in [0.1, 0.15) is 6.92 Å². The third kappa shape index (κ3) is 2.03. The van der Waals surface area contributed by atoms with Gasteiger partial charge in [-0.15, -0.1) is 0 Å². The number of aromatic nitrogens is 2. The van der Waals surface area contributed by atoms with Crippen LogP contribution in [0.5, 0.6) is 0 Å². The van der Waals surface area contributed by atoms with E-state index in [1.165, 1.54) is 16.8 Å². The fourth-order valence-electron chi connectivity index (χ4n) is 3.08. The number of fused-ring (bicyclic) bond motifs is 1. The summed E-state index contributed by atoms with van der Waals surface area (Å²) in [6.07, 6.45) is 2.98. The molecule has 3 atom stereocenters. The molecule has 0 radical (unpaired) electrons. The van der Waals surface area contributed by atoms with Crippen LogP contribution in [0.2, 0.25) is 0 Å². The van der Waals surface area contributed by atoms with Gasteiger partial charge in [0.15, 0.2) is 5.03 Å². The largest absolute Gasteiger partial charge is 0.356 e. The summed E-state index contributed by atoms with van der Waals surface area (Å²) in [6.45, 7) is 3.28. The molecule has 2 saturated heterocycles. The van der Waals surface area contributed by atoms with Crippen LogP contribution < -0.4 is 5.32 Å². The molecule has 1 aromatic heterocycles. The third-order valence-electron chi connectivity index (χ3n) is 4.34. The van der Waals surface area contributed by atoms with Crippen LogP contribution >= 0.6 is 0 Å². The highest BCUT2D eigenvalue weighted by molar-refractivity contribution is 7.89. The number of rotatable bonds is 2. The van der Waals surface area contributed by atoms with E-state index in [4.69, 9.17) is 0 Å². The first-order valence-electron chi connectivity index (χ1n) is 6.65. The second-order valence-electron chi connectivity index (χ2n) is 5.66. The quantitative estimate of drug-likeness (QED) is 0.792. The molecule has 1 aromatic rings. The molecule has 110 valence electrons. The predicted molar refractivity (Wildman–Crippen MR) is 71.1 cm³/mol. The van der Waals surface area contributed by atoms with Gasteiger partial charge in [0.05, 0.1) is 6.33 Å². The average Bonchev–Trinajstić information content (AvgIpc) is 3.01. The Morgan fingerprint density at radius 3 is 2.80 bits per heavy atom. The lowest BCUT2D eigenvalue weighted by atomic mass is 9.81. The summed E-state index contributed by atoms with van der Waals surface area (Å²) in [6, 6.07) is 0. The highest BCUT2D eigenvalue weighted by atomic mass is 32.2. The lowest BCUT2D eigenvalue weighted by molar-refractivity contribution is -0.128. The number of hydrogen-bond acceptors (Lipinski definition) is 4. The average molecular weight is 298 g/mol. The Labute approximate surface area is 118 Å². The van der Waals surface area contributed by atoms with Crippen molar-refractivity contribution in [2.75, 3.05) is 19.6 Å². The van der Waals surface area contributed by atoms with E-state index in [-0.39, 0.29) is 28.7 Å². The van der Waals surface area contributed by atoms with Crippen molar-refractivity contribution in [3.63, 3.8) is 0 Å². The van der Waals surface area contributed by atoms with Crippen molar-refractivity contribution in [3.05, 3.63) is 12.5 Å². The molecule has 3 heterocycles. The highest BCUT2D eigenvalue weighted by Gasteiger charge is 2.46. The molecular weight excluding hydrogens is 280 g/mol. The molecule has 2 aliphatic rings. The summed E-state index contributed by atoms with van der Waals surface area (Å²) in [5.74, 6) is 0.171. The molecular formula is C12H18N4O3S. The maximum Gasteiger partial charge on any atom is 0.262 e. The van der Waals surface area contributed by atoms with E-state index in [1.807, 2.05) is 6.92 Å². The van der Waals surface area contributed by atoms with Crippen LogP contribution in [0, 0.1) is 17.8 Å². The number of imidazole rings is 1. The number of hydrogen-bond donors (Lipinski definition) is 1. The standard InChI is InChI=1S/C12H18N4O3S/c1-8-10-5-16(4-9(10)3-13-12(8)17)20(18,19)11-6-15(2)7-14-11/h6-10H,3-5H2,1-2H3,(H,13,17)/t8-,9-,10-/m0/s1. The molecule has 0 saturated carbocycles. The van der Waals surface area contributed by atoms with Gasteiger partial charge in [-0.1, -0.05) is 6.92 Å². The molecule has 0 bridgehead atoms. The molecule has 0 aliphatic carbocycles. The Balaban J connectivity index is 1.85. The lowest BCUT2D eigenvalue weighted by Gasteiger charge is -2.29. The van der Waals surface area contributed by atoms with Gasteiger partial charge in [-0.2, -0.15) is 4.31 Å². The first-order chi connectivity index (χ1) is 9.39. The van der Waals surface area contributed by atoms with Gasteiger partial charge in [0.1, 0.15) is 0 Å². The minimum atomic E-state index is -3.55. The fraction of sp³-hybridized carbons (Fsp3) is 0.667. The Kier molecular flexibility index (Phi) is 3.09. The van der Waals surface area contributed by atoms with Gasteiger partial charge >= 0.3 is 0 Å². The molecule has 20 heavy (non-hydrogen) atoms. The van der Waals surface area contributed by atoms with Crippen LogP contribution in [0.3, 0.4) is 0 Å². The van der Waals surface area contributed by atoms with Crippen molar-refractivity contribution in [3.8, 4) is 0 Å². The van der Waals surface area contributed by atoms with Crippen molar-refractivity contribution >= 4 is 15.9 Å². The fourth-order valence-corrected chi connectivity index (χ4v) is 4.58. The summed E-state index contributed by atoms with van der Waals surface area (Å²) in [4.78, 5) is 15.6. The number of carbonyl (C=O) groups is 1. The zero-order chi connectivity index (χ0) is 14.5. The summed E-state index contributed by atoms with van der Waals surface area (Å²) < 4.78 is 28.1. The Morgan fingerprint density at radius 2 is 2.15 bits per heavy atom. The van der Waals surface area contributed by atoms with Gasteiger partial charge in [-0.3, -0.25) is 4.79 Å². The summed E-state index contributed by atoms with van der Waals surface area (Å²) >= 11 is 0. The molecule has 8 heteroatoms. The number of nitrogens with one attached hydrogen (secondary N) is 1. The van der Waals surface area contributed by atoms with Gasteiger partial charge in [0.2, 0.25) is 5.91 Å². The second-order valence-corrected chi connectivity index (χ2v) is 7.54. The number of aryl methyl sites for hydroxylation is 1. The Hall–Kier alpha value is -1.41. The normalized spacial score (nSPS) is 31.1. The molecule has 0 spiro atoms. The zero-order valence-corrected chi connectivity index (χ0v) is 12.3. The highest BCUT2D eigenvalue weighted by Crippen LogP contribution is 2.34. The number of amides is 1. The Bertz CT molecular complexity index is 639. The van der Waals surface area contributed by atoms with Crippen molar-refractivity contribution < 1.29 is 13.2 Å². The molecule has 3 rings (SSSR count). The van der Waals surface area contributed by atoms with Gasteiger partial charge in [0, 0.05) is 38.8 Å². The summed E-state index contributed by atoms with van der Waals surface area (Å²) in [5.41, 5.74) is 0. The topological polar surface area (TPSA) is 84.3 Å². The number of carbonyl (C=O) groups excluding carboxylic acids is 1. The van der Waals surface area contributed by atoms with Crippen LogP contribution in [0.15, 0.2) is 17.6 Å². The van der Waals surface area contributed by atoms with E-state index >= 15 is 0 Å². The van der Waals surface area contributed by atoms with Crippen LogP contribution in [-0.4, -0.2) is 47.8 Å². The molecule has 0 unspecified atom stereocenters. The van der Waals surface area contributed by atoms with Gasteiger partial charge < -0.3 is 9.88 Å². The summed E-state index contributed by atoms with van der Waals surface area (Å²) in [5, 5.41) is 2.91. The van der Waals surface area contributed by atoms with E-state index in [0.29, 0.717) is 19.6 Å². The monoisotopic (exact) mass is 298 g/mol. The van der Waals surface area contributed by atoms with E-state index in [9.17, 15) is 13.2 Å². The predicted octanol–water partition coefficient (Wildman–Crippen LogP) is -0.577. The zero-order valence-electron chi connectivity index (χ0n) is 11.5. The number of piperidine rings is 1. The van der Waals surface area contributed by atoms with Crippen LogP contribution in [0.4, 0.5) is 0 Å². The second kappa shape index (κ2) is 4.56. The van der Waals surface area contributed by atoms with Crippen molar-refractivity contribution in [1.82, 2.24) is 19.2 Å². The number of sulfonamides is 1. The van der Waals surface area contributed by atoms with Crippen LogP contribution in [-0.2, 0) is 21.9 Å². The van der Waals surface area contributed by atoms with Crippen molar-refractivity contribution in [2.45, 2.75) is 11.9 Å². The van der Waals surface area contributed by atoms with E-state index in [2.05, 4.69) is 10.3 Å². The SMILES string of the molecule is C[C@@H]1C(=O)NC[C@H]2CN(S(=O)(=O)c3cn(C)cn3)C[C@H]21. The maximum atomic E-state index is 12.5. The minimum Gasteiger partial charge on any atom is -0.356 e. The Morgan fingerprint density at radius 1 is 1.40 bits per heavy atom. The molecule has 2 aliphatic heterocycles. The van der Waals surface area contributed by atoms with Crippen LogP contribution in [0.25, 0.3) is 0 Å². The van der Waals surface area contributed by atoms with E-state index in [1.54, 1.807) is 11.6 Å². The van der Waals surface area contributed by atoms with E-state index < -0.39 is 10.0 Å². The molecule has 0 aromatic carbocycles. The maximum absolute atomic E-state index is 12.5. The molecule has 7 nitrogen and oxygen atoms in total. The van der Waals surface area contributed by atoms with Crippen molar-refractivity contribution in [2.24, 2.45) is 24.8 Å². The van der Waals surface area contributed by atoms with Gasteiger partial charge in [0.25, 0.3) is 10.0 Å². The van der Waals surface area contributed by atoms with E-state index in [0.717, 1.165) is 0 Å².